The molecule has 6 heteroatoms. The zero-order chi connectivity index (χ0) is 22.5. The monoisotopic (exact) mass is 490 g/mol. The molecule has 2 aliphatic heterocycles. The number of hydrogen-bond acceptors (Lipinski definition) is 4. The van der Waals surface area contributed by atoms with Crippen LogP contribution in [0.1, 0.15) is 28.7 Å². The van der Waals surface area contributed by atoms with E-state index >= 15 is 0 Å². The van der Waals surface area contributed by atoms with Gasteiger partial charge < -0.3 is 9.64 Å². The Bertz CT molecular complexity index is 1180. The highest BCUT2D eigenvalue weighted by Gasteiger charge is 2.65. The van der Waals surface area contributed by atoms with Crippen molar-refractivity contribution in [3.8, 4) is 0 Å². The maximum Gasteiger partial charge on any atom is 0.311 e. The van der Waals surface area contributed by atoms with Gasteiger partial charge in [0.1, 0.15) is 5.54 Å². The van der Waals surface area contributed by atoms with Gasteiger partial charge in [-0.15, -0.1) is 0 Å². The molecular weight excluding hydrogens is 468 g/mol. The Morgan fingerprint density at radius 1 is 0.969 bits per heavy atom. The average Bonchev–Trinajstić information content (AvgIpc) is 3.30. The summed E-state index contributed by atoms with van der Waals surface area (Å²) in [6.45, 7) is 0. The molecule has 32 heavy (non-hydrogen) atoms. The minimum Gasteiger partial charge on any atom is -0.469 e. The number of methoxy groups -OCH3 is 1. The van der Waals surface area contributed by atoms with E-state index in [1.165, 1.54) is 7.11 Å². The summed E-state index contributed by atoms with van der Waals surface area (Å²) < 4.78 is 6.24. The van der Waals surface area contributed by atoms with E-state index in [0.29, 0.717) is 0 Å². The van der Waals surface area contributed by atoms with E-state index in [2.05, 4.69) is 21.2 Å². The quantitative estimate of drug-likeness (QED) is 0.547. The maximum absolute atomic E-state index is 14.0. The molecule has 5 rings (SSSR count). The van der Waals surface area contributed by atoms with Crippen molar-refractivity contribution in [2.24, 2.45) is 5.92 Å². The molecule has 1 fully saturated rings. The van der Waals surface area contributed by atoms with Crippen LogP contribution in [0.15, 0.2) is 83.3 Å². The Balaban J connectivity index is 1.80. The molecule has 1 spiro atoms. The third-order valence-electron chi connectivity index (χ3n) is 6.76. The Morgan fingerprint density at radius 3 is 2.31 bits per heavy atom. The van der Waals surface area contributed by atoms with Crippen molar-refractivity contribution >= 4 is 33.5 Å². The number of halogens is 1. The zero-order valence-corrected chi connectivity index (χ0v) is 19.4. The molecule has 0 aliphatic carbocycles. The molecule has 3 aromatic carbocycles. The van der Waals surface area contributed by atoms with Crippen LogP contribution >= 0.6 is 15.9 Å². The number of nitrogens with one attached hydrogen (secondary N) is 1. The Labute approximate surface area is 195 Å². The lowest BCUT2D eigenvalue weighted by Gasteiger charge is -2.32. The van der Waals surface area contributed by atoms with Gasteiger partial charge in [0.2, 0.25) is 0 Å². The number of anilines is 1. The van der Waals surface area contributed by atoms with Crippen LogP contribution in [0.5, 0.6) is 0 Å². The summed E-state index contributed by atoms with van der Waals surface area (Å²) in [5, 5.41) is 3.64. The Morgan fingerprint density at radius 2 is 1.62 bits per heavy atom. The molecular formula is C26H23BrN2O3. The molecule has 0 radical (unpaired) electrons. The van der Waals surface area contributed by atoms with E-state index in [9.17, 15) is 9.59 Å². The van der Waals surface area contributed by atoms with Crippen LogP contribution in [0.3, 0.4) is 0 Å². The van der Waals surface area contributed by atoms with Crippen molar-refractivity contribution in [3.63, 3.8) is 0 Å². The normalized spacial score (nSPS) is 26.4. The molecule has 1 amide bonds. The second-order valence-electron chi connectivity index (χ2n) is 8.30. The summed E-state index contributed by atoms with van der Waals surface area (Å²) >= 11 is 3.50. The van der Waals surface area contributed by atoms with Crippen molar-refractivity contribution in [1.29, 1.82) is 0 Å². The van der Waals surface area contributed by atoms with Crippen molar-refractivity contribution in [2.75, 3.05) is 19.1 Å². The summed E-state index contributed by atoms with van der Waals surface area (Å²) in [6, 6.07) is 25.1. The highest BCUT2D eigenvalue weighted by atomic mass is 79.9. The Kier molecular flexibility index (Phi) is 5.14. The fraction of sp³-hybridized carbons (Fsp3) is 0.231. The lowest BCUT2D eigenvalue weighted by atomic mass is 9.71. The van der Waals surface area contributed by atoms with Gasteiger partial charge in [-0.3, -0.25) is 14.9 Å². The number of esters is 1. The van der Waals surface area contributed by atoms with Crippen LogP contribution in [0.25, 0.3) is 0 Å². The first kappa shape index (κ1) is 20.9. The molecule has 1 N–H and O–H groups in total. The first-order valence-electron chi connectivity index (χ1n) is 10.5. The van der Waals surface area contributed by atoms with Gasteiger partial charge in [-0.05, 0) is 29.3 Å². The van der Waals surface area contributed by atoms with Gasteiger partial charge in [-0.1, -0.05) is 76.6 Å². The summed E-state index contributed by atoms with van der Waals surface area (Å²) in [5.74, 6) is -1.45. The van der Waals surface area contributed by atoms with Crippen molar-refractivity contribution < 1.29 is 14.3 Å². The van der Waals surface area contributed by atoms with E-state index in [-0.39, 0.29) is 17.9 Å². The Hall–Kier alpha value is -2.96. The van der Waals surface area contributed by atoms with E-state index in [4.69, 9.17) is 4.74 Å². The summed E-state index contributed by atoms with van der Waals surface area (Å²) in [6.07, 6.45) is 0. The number of ether oxygens (including phenoxy) is 1. The van der Waals surface area contributed by atoms with Crippen molar-refractivity contribution in [3.05, 3.63) is 100 Å². The smallest absolute Gasteiger partial charge is 0.311 e. The average molecular weight is 491 g/mol. The molecule has 2 aliphatic rings. The van der Waals surface area contributed by atoms with Gasteiger partial charge in [-0.25, -0.2) is 0 Å². The van der Waals surface area contributed by atoms with Crippen LogP contribution < -0.4 is 10.2 Å². The van der Waals surface area contributed by atoms with Gasteiger partial charge in [0, 0.05) is 34.7 Å². The number of benzene rings is 3. The maximum atomic E-state index is 14.0. The number of amides is 1. The van der Waals surface area contributed by atoms with E-state index in [1.807, 2.05) is 78.9 Å². The molecule has 2 heterocycles. The number of carbonyl (C=O) groups excluding carboxylic acids is 2. The third kappa shape index (κ3) is 2.93. The number of carbonyl (C=O) groups is 2. The van der Waals surface area contributed by atoms with E-state index in [1.54, 1.807) is 11.9 Å². The topological polar surface area (TPSA) is 58.6 Å². The van der Waals surface area contributed by atoms with Crippen LogP contribution in [0.2, 0.25) is 0 Å². The number of likely N-dealkylation sites (N-methyl/N-ethyl adjacent to an activating group) is 1. The van der Waals surface area contributed by atoms with Crippen LogP contribution in [-0.4, -0.2) is 26.0 Å². The molecule has 0 bridgehead atoms. The van der Waals surface area contributed by atoms with Crippen molar-refractivity contribution in [1.82, 2.24) is 5.32 Å². The lowest BCUT2D eigenvalue weighted by molar-refractivity contribution is -0.146. The first-order chi connectivity index (χ1) is 15.5. The van der Waals surface area contributed by atoms with Crippen LogP contribution in [0, 0.1) is 5.92 Å². The minimum atomic E-state index is -1.08. The molecule has 5 nitrogen and oxygen atoms in total. The molecule has 0 saturated carbocycles. The zero-order valence-electron chi connectivity index (χ0n) is 17.8. The molecule has 1 saturated heterocycles. The predicted octanol–water partition coefficient (Wildman–Crippen LogP) is 4.54. The van der Waals surface area contributed by atoms with Crippen LogP contribution in [0.4, 0.5) is 5.69 Å². The SMILES string of the molecule is COC(=O)[C@@H]1[C@H](c2ccccc2)N[C@@]2(C(=O)N(C)c3ccccc32)[C@H]1c1ccc(Br)cc1. The van der Waals surface area contributed by atoms with E-state index < -0.39 is 17.4 Å². The highest BCUT2D eigenvalue weighted by Crippen LogP contribution is 2.58. The third-order valence-corrected chi connectivity index (χ3v) is 7.29. The highest BCUT2D eigenvalue weighted by molar-refractivity contribution is 9.10. The number of para-hydroxylation sites is 1. The molecule has 3 aromatic rings. The fourth-order valence-electron chi connectivity index (χ4n) is 5.40. The standard InChI is InChI=1S/C26H23BrN2O3/c1-29-20-11-7-6-10-19(20)26(25(29)31)22(16-12-14-18(27)15-13-16)21(24(30)32-2)23(28-26)17-8-4-3-5-9-17/h3-15,21-23,28H,1-2H3/t21-,22-,23-,26+/m0/s1. The second kappa shape index (κ2) is 7.87. The number of rotatable bonds is 3. The van der Waals surface area contributed by atoms with Gasteiger partial charge in [0.05, 0.1) is 13.0 Å². The second-order valence-corrected chi connectivity index (χ2v) is 9.22. The largest absolute Gasteiger partial charge is 0.469 e. The summed E-state index contributed by atoms with van der Waals surface area (Å²) in [7, 11) is 3.20. The van der Waals surface area contributed by atoms with Gasteiger partial charge >= 0.3 is 5.97 Å². The number of hydrogen-bond donors (Lipinski definition) is 1. The predicted molar refractivity (Wildman–Crippen MR) is 126 cm³/mol. The summed E-state index contributed by atoms with van der Waals surface area (Å²) in [5.41, 5.74) is 2.50. The van der Waals surface area contributed by atoms with Gasteiger partial charge in [0.25, 0.3) is 5.91 Å². The van der Waals surface area contributed by atoms with Gasteiger partial charge in [0.15, 0.2) is 0 Å². The lowest BCUT2D eigenvalue weighted by Crippen LogP contribution is -2.49. The first-order valence-corrected chi connectivity index (χ1v) is 11.3. The van der Waals surface area contributed by atoms with Gasteiger partial charge in [-0.2, -0.15) is 0 Å². The molecule has 0 unspecified atom stereocenters. The van der Waals surface area contributed by atoms with Crippen LogP contribution in [-0.2, 0) is 19.9 Å². The minimum absolute atomic E-state index is 0.0704. The van der Waals surface area contributed by atoms with E-state index in [0.717, 1.165) is 26.9 Å². The number of fused-ring (bicyclic) bond motifs is 2. The molecule has 4 atom stereocenters. The molecule has 0 aromatic heterocycles. The molecule has 162 valence electrons. The number of nitrogens with zero attached hydrogens (tertiary/aromatic N) is 1. The van der Waals surface area contributed by atoms with Crippen molar-refractivity contribution in [2.45, 2.75) is 17.5 Å². The fourth-order valence-corrected chi connectivity index (χ4v) is 5.67. The summed E-state index contributed by atoms with van der Waals surface area (Å²) in [4.78, 5) is 29.0.